The molecular weight excluding hydrogens is 376 g/mol. The van der Waals surface area contributed by atoms with Crippen LogP contribution >= 0.6 is 0 Å². The van der Waals surface area contributed by atoms with Crippen molar-refractivity contribution >= 4 is 11.8 Å². The number of rotatable bonds is 4. The molecule has 3 N–H and O–H groups in total. The van der Waals surface area contributed by atoms with Crippen molar-refractivity contribution in [1.82, 2.24) is 15.8 Å². The molecule has 3 heterocycles. The zero-order valence-corrected chi connectivity index (χ0v) is 16.5. The summed E-state index contributed by atoms with van der Waals surface area (Å²) in [5.41, 5.74) is 10.8. The second-order valence-corrected chi connectivity index (χ2v) is 7.94. The Kier molecular flexibility index (Phi) is 4.94. The normalized spacial score (nSPS) is 23.2. The van der Waals surface area contributed by atoms with Crippen molar-refractivity contribution in [3.05, 3.63) is 84.1 Å². The van der Waals surface area contributed by atoms with Crippen molar-refractivity contribution in [3.8, 4) is 11.1 Å². The number of hydrazine groups is 1. The molecule has 2 fully saturated rings. The summed E-state index contributed by atoms with van der Waals surface area (Å²) in [6.07, 6.45) is 2.60. The summed E-state index contributed by atoms with van der Waals surface area (Å²) in [4.78, 5) is 18.1. The summed E-state index contributed by atoms with van der Waals surface area (Å²) in [6, 6.07) is 22.9. The zero-order valence-electron chi connectivity index (χ0n) is 16.5. The maximum atomic E-state index is 11.6. The number of carboxylic acids is 1. The number of fused-ring (bicyclic) bond motifs is 1. The van der Waals surface area contributed by atoms with Crippen molar-refractivity contribution in [2.24, 2.45) is 5.92 Å². The summed E-state index contributed by atoms with van der Waals surface area (Å²) >= 11 is 0. The van der Waals surface area contributed by atoms with Gasteiger partial charge < -0.3 is 10.0 Å². The standard InChI is InChI=1S/C24H24N4O2/c29-24(30)19-7-4-13-25-23(19)28-14-12-21-20(15-28)22(27-26-21)18-10-8-17(9-11-18)16-5-2-1-3-6-16/h1-11,13,20-22,26-27H,12,14-15H2,(H,29,30). The van der Waals surface area contributed by atoms with E-state index in [0.717, 1.165) is 19.5 Å². The van der Waals surface area contributed by atoms with Crippen LogP contribution in [0.3, 0.4) is 0 Å². The van der Waals surface area contributed by atoms with Crippen LogP contribution in [-0.2, 0) is 0 Å². The average Bonchev–Trinajstić information content (AvgIpc) is 3.23. The summed E-state index contributed by atoms with van der Waals surface area (Å²) in [6.45, 7) is 1.54. The van der Waals surface area contributed by atoms with E-state index in [1.54, 1.807) is 18.3 Å². The van der Waals surface area contributed by atoms with Gasteiger partial charge in [-0.15, -0.1) is 0 Å². The van der Waals surface area contributed by atoms with Gasteiger partial charge in [-0.1, -0.05) is 54.6 Å². The Bertz CT molecular complexity index is 1040. The van der Waals surface area contributed by atoms with Crippen LogP contribution in [0.2, 0.25) is 0 Å². The summed E-state index contributed by atoms with van der Waals surface area (Å²) in [5, 5.41) is 9.54. The Morgan fingerprint density at radius 1 is 0.967 bits per heavy atom. The van der Waals surface area contributed by atoms with Gasteiger partial charge in [0.1, 0.15) is 11.4 Å². The highest BCUT2D eigenvalue weighted by Crippen LogP contribution is 2.36. The summed E-state index contributed by atoms with van der Waals surface area (Å²) < 4.78 is 0. The number of benzene rings is 2. The molecule has 3 atom stereocenters. The van der Waals surface area contributed by atoms with Gasteiger partial charge in [0.25, 0.3) is 0 Å². The lowest BCUT2D eigenvalue weighted by molar-refractivity contribution is 0.0697. The minimum atomic E-state index is -0.934. The number of anilines is 1. The molecule has 3 unspecified atom stereocenters. The van der Waals surface area contributed by atoms with Gasteiger partial charge in [0.15, 0.2) is 0 Å². The fraction of sp³-hybridized carbons (Fsp3) is 0.250. The van der Waals surface area contributed by atoms with E-state index in [4.69, 9.17) is 0 Å². The van der Waals surface area contributed by atoms with E-state index in [1.165, 1.54) is 16.7 Å². The molecule has 0 saturated carbocycles. The molecule has 30 heavy (non-hydrogen) atoms. The molecule has 6 heteroatoms. The molecule has 3 aromatic rings. The monoisotopic (exact) mass is 400 g/mol. The number of pyridine rings is 1. The van der Waals surface area contributed by atoms with Crippen LogP contribution in [0.4, 0.5) is 5.82 Å². The second-order valence-electron chi connectivity index (χ2n) is 7.94. The van der Waals surface area contributed by atoms with Crippen LogP contribution in [-0.4, -0.2) is 35.2 Å². The Morgan fingerprint density at radius 3 is 2.50 bits per heavy atom. The van der Waals surface area contributed by atoms with Gasteiger partial charge in [0.2, 0.25) is 0 Å². The molecule has 2 saturated heterocycles. The van der Waals surface area contributed by atoms with E-state index >= 15 is 0 Å². The predicted molar refractivity (Wildman–Crippen MR) is 116 cm³/mol. The molecule has 0 bridgehead atoms. The van der Waals surface area contributed by atoms with Crippen LogP contribution < -0.4 is 15.8 Å². The lowest BCUT2D eigenvalue weighted by atomic mass is 9.84. The van der Waals surface area contributed by atoms with E-state index in [0.29, 0.717) is 17.8 Å². The highest BCUT2D eigenvalue weighted by molar-refractivity contribution is 5.93. The fourth-order valence-corrected chi connectivity index (χ4v) is 4.66. The number of piperidine rings is 1. The van der Waals surface area contributed by atoms with Crippen LogP contribution in [0.15, 0.2) is 72.9 Å². The minimum Gasteiger partial charge on any atom is -0.478 e. The van der Waals surface area contributed by atoms with Gasteiger partial charge in [0, 0.05) is 31.2 Å². The minimum absolute atomic E-state index is 0.166. The van der Waals surface area contributed by atoms with Crippen LogP contribution in [0.25, 0.3) is 11.1 Å². The topological polar surface area (TPSA) is 77.5 Å². The Labute approximate surface area is 175 Å². The molecule has 152 valence electrons. The van der Waals surface area contributed by atoms with Gasteiger partial charge in [-0.2, -0.15) is 0 Å². The van der Waals surface area contributed by atoms with E-state index in [-0.39, 0.29) is 11.6 Å². The van der Waals surface area contributed by atoms with E-state index < -0.39 is 5.97 Å². The number of aromatic carboxylic acids is 1. The molecule has 2 aliphatic rings. The number of carboxylic acid groups (broad SMARTS) is 1. The largest absolute Gasteiger partial charge is 0.478 e. The van der Waals surface area contributed by atoms with Gasteiger partial charge in [-0.25, -0.2) is 15.2 Å². The third-order valence-electron chi connectivity index (χ3n) is 6.20. The van der Waals surface area contributed by atoms with Gasteiger partial charge in [0.05, 0.1) is 6.04 Å². The van der Waals surface area contributed by atoms with Gasteiger partial charge >= 0.3 is 5.97 Å². The van der Waals surface area contributed by atoms with Crippen LogP contribution in [0, 0.1) is 5.92 Å². The molecule has 5 rings (SSSR count). The SMILES string of the molecule is O=C(O)c1cccnc1N1CCC2NNC(c3ccc(-c4ccccc4)cc3)C2C1. The zero-order chi connectivity index (χ0) is 20.5. The number of hydrogen-bond donors (Lipinski definition) is 3. The van der Waals surface area contributed by atoms with Crippen molar-refractivity contribution in [2.75, 3.05) is 18.0 Å². The number of nitrogens with zero attached hydrogens (tertiary/aromatic N) is 2. The van der Waals surface area contributed by atoms with Crippen molar-refractivity contribution in [1.29, 1.82) is 0 Å². The maximum Gasteiger partial charge on any atom is 0.339 e. The average molecular weight is 400 g/mol. The molecule has 2 aliphatic heterocycles. The van der Waals surface area contributed by atoms with E-state index in [2.05, 4.69) is 69.3 Å². The lowest BCUT2D eigenvalue weighted by Gasteiger charge is -2.37. The molecule has 0 aliphatic carbocycles. The first-order valence-corrected chi connectivity index (χ1v) is 10.3. The first kappa shape index (κ1) is 18.8. The van der Waals surface area contributed by atoms with E-state index in [9.17, 15) is 9.90 Å². The Balaban J connectivity index is 1.38. The van der Waals surface area contributed by atoms with Gasteiger partial charge in [-0.05, 0) is 35.2 Å². The quantitative estimate of drug-likeness (QED) is 0.622. The molecule has 2 aromatic carbocycles. The third kappa shape index (κ3) is 3.44. The smallest absolute Gasteiger partial charge is 0.339 e. The van der Waals surface area contributed by atoms with Crippen molar-refractivity contribution in [3.63, 3.8) is 0 Å². The predicted octanol–water partition coefficient (Wildman–Crippen LogP) is 3.49. The molecule has 1 aromatic heterocycles. The lowest BCUT2D eigenvalue weighted by Crippen LogP contribution is -2.46. The number of hydrogen-bond acceptors (Lipinski definition) is 5. The maximum absolute atomic E-state index is 11.6. The van der Waals surface area contributed by atoms with Crippen LogP contribution in [0.5, 0.6) is 0 Å². The highest BCUT2D eigenvalue weighted by atomic mass is 16.4. The Morgan fingerprint density at radius 2 is 1.73 bits per heavy atom. The first-order chi connectivity index (χ1) is 14.7. The molecule has 0 amide bonds. The van der Waals surface area contributed by atoms with Crippen molar-refractivity contribution < 1.29 is 9.90 Å². The second kappa shape index (κ2) is 7.89. The first-order valence-electron chi connectivity index (χ1n) is 10.3. The highest BCUT2D eigenvalue weighted by Gasteiger charge is 2.41. The van der Waals surface area contributed by atoms with Crippen molar-refractivity contribution in [2.45, 2.75) is 18.5 Å². The molecule has 6 nitrogen and oxygen atoms in total. The summed E-state index contributed by atoms with van der Waals surface area (Å²) in [5.74, 6) is -0.0468. The molecule has 0 radical (unpaired) electrons. The van der Waals surface area contributed by atoms with Gasteiger partial charge in [-0.3, -0.25) is 5.43 Å². The molecule has 0 spiro atoms. The summed E-state index contributed by atoms with van der Waals surface area (Å²) in [7, 11) is 0. The molecular formula is C24H24N4O2. The number of nitrogens with one attached hydrogen (secondary N) is 2. The number of aromatic nitrogens is 1. The van der Waals surface area contributed by atoms with Crippen LogP contribution in [0.1, 0.15) is 28.4 Å². The number of carbonyl (C=O) groups is 1. The Hall–Kier alpha value is -3.22. The van der Waals surface area contributed by atoms with E-state index in [1.807, 2.05) is 6.07 Å². The third-order valence-corrected chi connectivity index (χ3v) is 6.20. The fourth-order valence-electron chi connectivity index (χ4n) is 4.66.